The number of amides is 1. The summed E-state index contributed by atoms with van der Waals surface area (Å²) in [5.41, 5.74) is 1.38. The summed E-state index contributed by atoms with van der Waals surface area (Å²) in [4.78, 5) is 29.7. The molecule has 23 heavy (non-hydrogen) atoms. The highest BCUT2D eigenvalue weighted by Gasteiger charge is 2.16. The zero-order valence-electron chi connectivity index (χ0n) is 14.6. The van der Waals surface area contributed by atoms with Gasteiger partial charge < -0.3 is 15.0 Å². The number of hydrogen-bond donors (Lipinski definition) is 1. The summed E-state index contributed by atoms with van der Waals surface area (Å²) in [6, 6.07) is 3.44. The van der Waals surface area contributed by atoms with Crippen LogP contribution in [0.1, 0.15) is 42.5 Å². The normalized spacial score (nSPS) is 11.4. The van der Waals surface area contributed by atoms with Gasteiger partial charge in [0.2, 0.25) is 5.78 Å². The first kappa shape index (κ1) is 18.7. The number of carbonyl (C=O) groups excluding carboxylic acids is 2. The number of nitrogens with one attached hydrogen (secondary N) is 1. The van der Waals surface area contributed by atoms with Gasteiger partial charge in [0, 0.05) is 38.6 Å². The van der Waals surface area contributed by atoms with Gasteiger partial charge in [0.25, 0.3) is 0 Å². The second kappa shape index (κ2) is 7.76. The van der Waals surface area contributed by atoms with Crippen LogP contribution in [-0.2, 0) is 11.3 Å². The fraction of sp³-hybridized carbons (Fsp3) is 0.471. The van der Waals surface area contributed by atoms with Gasteiger partial charge in [0.05, 0.1) is 0 Å². The second-order valence-corrected chi connectivity index (χ2v) is 6.44. The fourth-order valence-corrected chi connectivity index (χ4v) is 1.70. The lowest BCUT2D eigenvalue weighted by Gasteiger charge is -2.19. The molecule has 0 aliphatic carbocycles. The van der Waals surface area contributed by atoms with E-state index in [0.29, 0.717) is 17.9 Å². The number of carbonyl (C=O) groups is 2. The quantitative estimate of drug-likeness (QED) is 0.667. The highest BCUT2D eigenvalue weighted by molar-refractivity contribution is 6.02. The minimum Gasteiger partial charge on any atom is -0.444 e. The molecule has 1 rings (SSSR count). The van der Waals surface area contributed by atoms with Crippen LogP contribution in [0.5, 0.6) is 0 Å². The summed E-state index contributed by atoms with van der Waals surface area (Å²) >= 11 is 0. The Kier molecular flexibility index (Phi) is 6.30. The zero-order chi connectivity index (χ0) is 17.6. The second-order valence-electron chi connectivity index (χ2n) is 6.44. The Labute approximate surface area is 137 Å². The molecule has 6 nitrogen and oxygen atoms in total. The van der Waals surface area contributed by atoms with Crippen molar-refractivity contribution in [3.63, 3.8) is 0 Å². The number of alkyl carbamates (subject to hydrolysis) is 1. The Balaban J connectivity index is 2.70. The van der Waals surface area contributed by atoms with Crippen molar-refractivity contribution in [1.82, 2.24) is 15.2 Å². The smallest absolute Gasteiger partial charge is 0.407 e. The molecule has 1 N–H and O–H groups in total. The van der Waals surface area contributed by atoms with E-state index >= 15 is 0 Å². The molecule has 0 aliphatic heterocycles. The van der Waals surface area contributed by atoms with E-state index in [1.165, 1.54) is 6.08 Å². The average Bonchev–Trinajstić information content (AvgIpc) is 2.41. The molecule has 0 fully saturated rings. The number of allylic oxidation sites excluding steroid dienone is 1. The number of nitrogens with zero attached hydrogens (tertiary/aromatic N) is 2. The fourth-order valence-electron chi connectivity index (χ4n) is 1.70. The van der Waals surface area contributed by atoms with Gasteiger partial charge in [0.1, 0.15) is 11.3 Å². The van der Waals surface area contributed by atoms with Crippen LogP contribution >= 0.6 is 0 Å². The summed E-state index contributed by atoms with van der Waals surface area (Å²) < 4.78 is 5.18. The predicted octanol–water partition coefficient (Wildman–Crippen LogP) is 2.67. The van der Waals surface area contributed by atoms with E-state index in [-0.39, 0.29) is 5.78 Å². The molecule has 0 radical (unpaired) electrons. The molecule has 0 aliphatic rings. The molecule has 0 aromatic carbocycles. The van der Waals surface area contributed by atoms with E-state index in [4.69, 9.17) is 4.74 Å². The maximum Gasteiger partial charge on any atom is 0.407 e. The van der Waals surface area contributed by atoms with Crippen molar-refractivity contribution in [1.29, 1.82) is 0 Å². The lowest BCUT2D eigenvalue weighted by atomic mass is 10.1. The standard InChI is InChI=1S/C17H25N3O3/c1-12-13(11-18-16(22)23-17(2,3)4)7-8-14(19-12)15(21)9-10-20(5)6/h7-10H,11H2,1-6H3,(H,18,22)/b10-9+. The Morgan fingerprint density at radius 3 is 2.48 bits per heavy atom. The first-order chi connectivity index (χ1) is 10.6. The zero-order valence-corrected chi connectivity index (χ0v) is 14.6. The van der Waals surface area contributed by atoms with Crippen LogP contribution < -0.4 is 5.32 Å². The van der Waals surface area contributed by atoms with Crippen molar-refractivity contribution < 1.29 is 14.3 Å². The third kappa shape index (κ3) is 6.95. The van der Waals surface area contributed by atoms with Gasteiger partial charge in [-0.3, -0.25) is 4.79 Å². The van der Waals surface area contributed by atoms with Crippen LogP contribution in [0.4, 0.5) is 4.79 Å². The molecule has 6 heteroatoms. The molecule has 126 valence electrons. The first-order valence-electron chi connectivity index (χ1n) is 7.41. The van der Waals surface area contributed by atoms with Crippen LogP contribution in [0.2, 0.25) is 0 Å². The van der Waals surface area contributed by atoms with Gasteiger partial charge in [-0.1, -0.05) is 6.07 Å². The molecular formula is C17H25N3O3. The summed E-state index contributed by atoms with van der Waals surface area (Å²) in [5.74, 6) is -0.159. The van der Waals surface area contributed by atoms with Crippen LogP contribution in [0.15, 0.2) is 24.4 Å². The van der Waals surface area contributed by atoms with Crippen LogP contribution in [-0.4, -0.2) is 41.5 Å². The SMILES string of the molecule is Cc1nc(C(=O)/C=C/N(C)C)ccc1CNC(=O)OC(C)(C)C. The number of pyridine rings is 1. The Morgan fingerprint density at radius 1 is 1.30 bits per heavy atom. The molecule has 1 amide bonds. The van der Waals surface area contributed by atoms with Crippen LogP contribution in [0, 0.1) is 6.92 Å². The van der Waals surface area contributed by atoms with Crippen LogP contribution in [0.25, 0.3) is 0 Å². The maximum atomic E-state index is 12.0. The van der Waals surface area contributed by atoms with Crippen molar-refractivity contribution in [2.45, 2.75) is 39.8 Å². The van der Waals surface area contributed by atoms with E-state index in [0.717, 1.165) is 5.56 Å². The number of rotatable bonds is 5. The van der Waals surface area contributed by atoms with E-state index in [2.05, 4.69) is 10.3 Å². The molecule has 0 unspecified atom stereocenters. The number of aromatic nitrogens is 1. The summed E-state index contributed by atoms with van der Waals surface area (Å²) in [7, 11) is 3.68. The lowest BCUT2D eigenvalue weighted by molar-refractivity contribution is 0.0523. The van der Waals surface area contributed by atoms with Gasteiger partial charge in [-0.05, 0) is 39.3 Å². The minimum atomic E-state index is -0.535. The Hall–Kier alpha value is -2.37. The molecule has 0 atom stereocenters. The molecule has 0 spiro atoms. The molecule has 0 saturated carbocycles. The molecular weight excluding hydrogens is 294 g/mol. The Bertz CT molecular complexity index is 602. The Morgan fingerprint density at radius 2 is 1.96 bits per heavy atom. The van der Waals surface area contributed by atoms with Crippen molar-refractivity contribution in [3.05, 3.63) is 41.4 Å². The van der Waals surface area contributed by atoms with E-state index in [1.807, 2.05) is 14.1 Å². The lowest BCUT2D eigenvalue weighted by Crippen LogP contribution is -2.32. The average molecular weight is 319 g/mol. The van der Waals surface area contributed by atoms with Crippen LogP contribution in [0.3, 0.4) is 0 Å². The van der Waals surface area contributed by atoms with E-state index < -0.39 is 11.7 Å². The molecule has 0 saturated heterocycles. The summed E-state index contributed by atoms with van der Waals surface area (Å²) in [5, 5.41) is 2.68. The highest BCUT2D eigenvalue weighted by Crippen LogP contribution is 2.10. The topological polar surface area (TPSA) is 71.5 Å². The third-order valence-corrected chi connectivity index (χ3v) is 2.79. The van der Waals surface area contributed by atoms with Crippen molar-refractivity contribution in [3.8, 4) is 0 Å². The van der Waals surface area contributed by atoms with Gasteiger partial charge in [0.15, 0.2) is 0 Å². The largest absolute Gasteiger partial charge is 0.444 e. The molecule has 1 aromatic heterocycles. The van der Waals surface area contributed by atoms with Crippen molar-refractivity contribution in [2.75, 3.05) is 14.1 Å². The van der Waals surface area contributed by atoms with Gasteiger partial charge in [-0.2, -0.15) is 0 Å². The predicted molar refractivity (Wildman–Crippen MR) is 89.2 cm³/mol. The van der Waals surface area contributed by atoms with Crippen molar-refractivity contribution >= 4 is 11.9 Å². The highest BCUT2D eigenvalue weighted by atomic mass is 16.6. The van der Waals surface area contributed by atoms with Crippen molar-refractivity contribution in [2.24, 2.45) is 0 Å². The monoisotopic (exact) mass is 319 g/mol. The first-order valence-corrected chi connectivity index (χ1v) is 7.41. The van der Waals surface area contributed by atoms with E-state index in [1.54, 1.807) is 50.9 Å². The van der Waals surface area contributed by atoms with Gasteiger partial charge >= 0.3 is 6.09 Å². The minimum absolute atomic E-state index is 0.159. The molecule has 0 bridgehead atoms. The maximum absolute atomic E-state index is 12.0. The number of aryl methyl sites for hydroxylation is 1. The number of ketones is 1. The molecule has 1 aromatic rings. The summed E-state index contributed by atoms with van der Waals surface area (Å²) in [6.45, 7) is 7.53. The number of ether oxygens (including phenoxy) is 1. The van der Waals surface area contributed by atoms with E-state index in [9.17, 15) is 9.59 Å². The molecule has 1 heterocycles. The number of hydrogen-bond acceptors (Lipinski definition) is 5. The van der Waals surface area contributed by atoms with Gasteiger partial charge in [-0.25, -0.2) is 9.78 Å². The third-order valence-electron chi connectivity index (χ3n) is 2.79. The van der Waals surface area contributed by atoms with Gasteiger partial charge in [-0.15, -0.1) is 0 Å². The summed E-state index contributed by atoms with van der Waals surface area (Å²) in [6.07, 6.45) is 2.67.